The Bertz CT molecular complexity index is 679. The van der Waals surface area contributed by atoms with Crippen LogP contribution < -0.4 is 15.2 Å². The molecule has 4 nitrogen and oxygen atoms in total. The fourth-order valence-electron chi connectivity index (χ4n) is 3.14. The van der Waals surface area contributed by atoms with E-state index >= 15 is 0 Å². The first-order valence-corrected chi connectivity index (χ1v) is 9.88. The topological polar surface area (TPSA) is 64.4 Å². The number of rotatable bonds is 4. The molecular formula is C21H28N2O2S. The van der Waals surface area contributed by atoms with E-state index in [0.717, 1.165) is 29.2 Å². The molecule has 3 rings (SSSR count). The van der Waals surface area contributed by atoms with E-state index < -0.39 is 0 Å². The fourth-order valence-corrected chi connectivity index (χ4v) is 3.50. The van der Waals surface area contributed by atoms with Crippen molar-refractivity contribution in [2.45, 2.75) is 37.5 Å². The third-order valence-corrected chi connectivity index (χ3v) is 5.19. The Kier molecular flexibility index (Phi) is 8.51. The van der Waals surface area contributed by atoms with Crippen LogP contribution in [0.15, 0.2) is 59.5 Å². The molecule has 0 aliphatic heterocycles. The van der Waals surface area contributed by atoms with Crippen LogP contribution in [-0.4, -0.2) is 13.0 Å². The van der Waals surface area contributed by atoms with E-state index in [1.807, 2.05) is 54.6 Å². The van der Waals surface area contributed by atoms with Crippen LogP contribution in [0.25, 0.3) is 0 Å². The Balaban J connectivity index is 0.000000254. The maximum absolute atomic E-state index is 12.2. The summed E-state index contributed by atoms with van der Waals surface area (Å²) < 4.78 is 4.91. The summed E-state index contributed by atoms with van der Waals surface area (Å²) in [6.45, 7) is 2.18. The molecule has 2 unspecified atom stereocenters. The Labute approximate surface area is 160 Å². The Morgan fingerprint density at radius 3 is 2.46 bits per heavy atom. The molecule has 1 aliphatic rings. The van der Waals surface area contributed by atoms with Crippen molar-refractivity contribution in [2.24, 2.45) is 17.0 Å². The lowest BCUT2D eigenvalue weighted by Gasteiger charge is -2.27. The number of carbonyl (C=O) groups is 1. The minimum absolute atomic E-state index is 0.154. The second-order valence-electron chi connectivity index (χ2n) is 6.52. The van der Waals surface area contributed by atoms with Crippen molar-refractivity contribution in [3.63, 3.8) is 0 Å². The molecule has 1 aliphatic carbocycles. The lowest BCUT2D eigenvalue weighted by molar-refractivity contribution is -0.122. The number of para-hydroxylation sites is 1. The molecule has 2 atom stereocenters. The molecule has 0 heterocycles. The zero-order valence-corrected chi connectivity index (χ0v) is 16.3. The molecule has 140 valence electrons. The van der Waals surface area contributed by atoms with Gasteiger partial charge < -0.3 is 10.1 Å². The Morgan fingerprint density at radius 1 is 1.12 bits per heavy atom. The van der Waals surface area contributed by atoms with Crippen LogP contribution in [0, 0.1) is 11.8 Å². The number of carbonyl (C=O) groups excluding carboxylic acids is 1. The van der Waals surface area contributed by atoms with E-state index in [4.69, 9.17) is 9.88 Å². The summed E-state index contributed by atoms with van der Waals surface area (Å²) in [7, 11) is 1.66. The number of amides is 1. The molecule has 0 bridgehead atoms. The van der Waals surface area contributed by atoms with Gasteiger partial charge in [-0.05, 0) is 61.0 Å². The van der Waals surface area contributed by atoms with Crippen molar-refractivity contribution < 1.29 is 9.53 Å². The molecule has 0 spiro atoms. The van der Waals surface area contributed by atoms with Gasteiger partial charge in [-0.1, -0.05) is 44.0 Å². The summed E-state index contributed by atoms with van der Waals surface area (Å²) in [4.78, 5) is 13.2. The van der Waals surface area contributed by atoms with Gasteiger partial charge in [0, 0.05) is 16.5 Å². The van der Waals surface area contributed by atoms with Crippen molar-refractivity contribution in [3.8, 4) is 5.75 Å². The van der Waals surface area contributed by atoms with Crippen LogP contribution in [0.3, 0.4) is 0 Å². The lowest BCUT2D eigenvalue weighted by atomic mass is 9.80. The number of hydrogen-bond acceptors (Lipinski definition) is 4. The normalized spacial score (nSPS) is 19.0. The van der Waals surface area contributed by atoms with E-state index in [0.29, 0.717) is 5.92 Å². The summed E-state index contributed by atoms with van der Waals surface area (Å²) in [5.74, 6) is 1.72. The van der Waals surface area contributed by atoms with Gasteiger partial charge in [-0.2, -0.15) is 0 Å². The first-order valence-electron chi connectivity index (χ1n) is 9.00. The Morgan fingerprint density at radius 2 is 1.85 bits per heavy atom. The average Bonchev–Trinajstić information content (AvgIpc) is 2.69. The smallest absolute Gasteiger partial charge is 0.227 e. The third kappa shape index (κ3) is 6.39. The third-order valence-electron chi connectivity index (χ3n) is 4.66. The first kappa shape index (κ1) is 20.3. The number of nitrogens with one attached hydrogen (secondary N) is 1. The predicted octanol–water partition coefficient (Wildman–Crippen LogP) is 5.11. The van der Waals surface area contributed by atoms with Gasteiger partial charge in [0.05, 0.1) is 7.11 Å². The zero-order chi connectivity index (χ0) is 18.8. The van der Waals surface area contributed by atoms with Gasteiger partial charge in [-0.3, -0.25) is 9.93 Å². The lowest BCUT2D eigenvalue weighted by Crippen LogP contribution is -2.30. The number of methoxy groups -OCH3 is 1. The van der Waals surface area contributed by atoms with Crippen LogP contribution in [0.4, 0.5) is 5.69 Å². The molecule has 2 aromatic carbocycles. The summed E-state index contributed by atoms with van der Waals surface area (Å²) in [5, 5.41) is 8.53. The molecule has 1 saturated carbocycles. The van der Waals surface area contributed by atoms with Crippen molar-refractivity contribution in [1.29, 1.82) is 0 Å². The van der Waals surface area contributed by atoms with Gasteiger partial charge in [0.15, 0.2) is 0 Å². The summed E-state index contributed by atoms with van der Waals surface area (Å²) in [6, 6.07) is 17.3. The van der Waals surface area contributed by atoms with Crippen molar-refractivity contribution in [1.82, 2.24) is 0 Å². The van der Waals surface area contributed by atoms with Crippen LogP contribution in [0.2, 0.25) is 0 Å². The van der Waals surface area contributed by atoms with Gasteiger partial charge >= 0.3 is 0 Å². The number of nitrogens with two attached hydrogens (primary N) is 1. The largest absolute Gasteiger partial charge is 0.497 e. The van der Waals surface area contributed by atoms with Gasteiger partial charge in [0.2, 0.25) is 5.91 Å². The molecule has 3 N–H and O–H groups in total. The summed E-state index contributed by atoms with van der Waals surface area (Å²) >= 11 is 1.19. The molecule has 1 amide bonds. The standard InChI is InChI=1S/C14H20N2OS.C7H8O/c1-10-5-2-3-8-13(10)14(17)16-11-6-4-7-12(9-11)18-15;1-8-7-5-3-2-4-6-7/h4,6-7,9-10,13H,2-3,5,8,15H2,1H3,(H,16,17);2-6H,1H3. The van der Waals surface area contributed by atoms with Crippen molar-refractivity contribution >= 4 is 23.5 Å². The number of ether oxygens (including phenoxy) is 1. The van der Waals surface area contributed by atoms with Crippen LogP contribution in [0.1, 0.15) is 32.6 Å². The van der Waals surface area contributed by atoms with Gasteiger partial charge in [-0.15, -0.1) is 0 Å². The monoisotopic (exact) mass is 372 g/mol. The SMILES string of the molecule is CC1CCCCC1C(=O)Nc1cccc(SN)c1.COc1ccccc1. The highest BCUT2D eigenvalue weighted by Crippen LogP contribution is 2.30. The summed E-state index contributed by atoms with van der Waals surface area (Å²) in [6.07, 6.45) is 4.60. The maximum atomic E-state index is 12.2. The fraction of sp³-hybridized carbons (Fsp3) is 0.381. The number of benzene rings is 2. The zero-order valence-electron chi connectivity index (χ0n) is 15.5. The van der Waals surface area contributed by atoms with Crippen molar-refractivity contribution in [2.75, 3.05) is 12.4 Å². The second kappa shape index (κ2) is 10.9. The van der Waals surface area contributed by atoms with Gasteiger partial charge in [0.25, 0.3) is 0 Å². The molecule has 5 heteroatoms. The van der Waals surface area contributed by atoms with Gasteiger partial charge in [0.1, 0.15) is 5.75 Å². The van der Waals surface area contributed by atoms with E-state index in [-0.39, 0.29) is 11.8 Å². The minimum atomic E-state index is 0.154. The Hall–Kier alpha value is -1.98. The average molecular weight is 373 g/mol. The predicted molar refractivity (Wildman–Crippen MR) is 109 cm³/mol. The number of hydrogen-bond donors (Lipinski definition) is 2. The molecule has 2 aromatic rings. The van der Waals surface area contributed by atoms with Crippen molar-refractivity contribution in [3.05, 3.63) is 54.6 Å². The minimum Gasteiger partial charge on any atom is -0.497 e. The van der Waals surface area contributed by atoms with Crippen LogP contribution in [0.5, 0.6) is 5.75 Å². The van der Waals surface area contributed by atoms with E-state index in [1.54, 1.807) is 7.11 Å². The molecular weight excluding hydrogens is 344 g/mol. The molecule has 26 heavy (non-hydrogen) atoms. The second-order valence-corrected chi connectivity index (χ2v) is 7.23. The highest BCUT2D eigenvalue weighted by atomic mass is 32.2. The molecule has 0 saturated heterocycles. The van der Waals surface area contributed by atoms with E-state index in [1.165, 1.54) is 24.8 Å². The first-order chi connectivity index (χ1) is 12.6. The maximum Gasteiger partial charge on any atom is 0.227 e. The van der Waals surface area contributed by atoms with Crippen LogP contribution in [-0.2, 0) is 4.79 Å². The quantitative estimate of drug-likeness (QED) is 0.732. The van der Waals surface area contributed by atoms with E-state index in [2.05, 4.69) is 12.2 Å². The highest BCUT2D eigenvalue weighted by Gasteiger charge is 2.27. The van der Waals surface area contributed by atoms with Gasteiger partial charge in [-0.25, -0.2) is 0 Å². The molecule has 0 aromatic heterocycles. The molecule has 0 radical (unpaired) electrons. The summed E-state index contributed by atoms with van der Waals surface area (Å²) in [5.41, 5.74) is 0.841. The molecule has 1 fully saturated rings. The van der Waals surface area contributed by atoms with Crippen LogP contribution >= 0.6 is 11.9 Å². The number of anilines is 1. The van der Waals surface area contributed by atoms with E-state index in [9.17, 15) is 4.79 Å². The highest BCUT2D eigenvalue weighted by molar-refractivity contribution is 7.97.